The van der Waals surface area contributed by atoms with Crippen LogP contribution in [-0.2, 0) is 6.42 Å². The molecule has 0 unspecified atom stereocenters. The average Bonchev–Trinajstić information content (AvgIpc) is 2.80. The highest BCUT2D eigenvalue weighted by Crippen LogP contribution is 2.37. The second kappa shape index (κ2) is 11.0. The average molecular weight is 404 g/mol. The fraction of sp³-hybridized carbons (Fsp3) is 0.481. The van der Waals surface area contributed by atoms with Gasteiger partial charge in [-0.05, 0) is 85.8 Å². The number of ether oxygens (including phenoxy) is 1. The lowest BCUT2D eigenvalue weighted by atomic mass is 9.78. The number of esters is 1. The van der Waals surface area contributed by atoms with Gasteiger partial charge in [0.15, 0.2) is 0 Å². The van der Waals surface area contributed by atoms with Crippen LogP contribution in [0.1, 0.15) is 98.2 Å². The summed E-state index contributed by atoms with van der Waals surface area (Å²) in [4.78, 5) is 12.6. The largest absolute Gasteiger partial charge is 0.422 e. The molecule has 0 heterocycles. The normalized spacial score (nSPS) is 18.6. The number of rotatable bonds is 8. The number of nitriles is 1. The van der Waals surface area contributed by atoms with Gasteiger partial charge in [0, 0.05) is 0 Å². The van der Waals surface area contributed by atoms with Crippen LogP contribution in [0.5, 0.6) is 5.75 Å². The molecule has 0 aliphatic heterocycles. The molecule has 3 rings (SSSR count). The van der Waals surface area contributed by atoms with E-state index in [9.17, 15) is 10.1 Å². The Hall–Kier alpha value is -2.60. The van der Waals surface area contributed by atoms with E-state index in [1.165, 1.54) is 50.5 Å². The summed E-state index contributed by atoms with van der Waals surface area (Å²) in [5.41, 5.74) is 3.37. The zero-order valence-electron chi connectivity index (χ0n) is 18.3. The van der Waals surface area contributed by atoms with Crippen molar-refractivity contribution in [2.24, 2.45) is 5.92 Å². The first-order valence-electron chi connectivity index (χ1n) is 11.5. The number of hydrogen-bond donors (Lipinski definition) is 0. The SMILES string of the molecule is CCCCCc1ccc(OC(=O)c2ccc(C3CCC(CC)CC3)cc2)c(C#N)c1. The Labute approximate surface area is 181 Å². The molecular formula is C27H33NO2. The maximum absolute atomic E-state index is 12.6. The summed E-state index contributed by atoms with van der Waals surface area (Å²) >= 11 is 0. The number of carbonyl (C=O) groups is 1. The minimum absolute atomic E-state index is 0.337. The van der Waals surface area contributed by atoms with Gasteiger partial charge in [-0.15, -0.1) is 0 Å². The highest BCUT2D eigenvalue weighted by Gasteiger charge is 2.21. The van der Waals surface area contributed by atoms with Crippen LogP contribution in [0.25, 0.3) is 0 Å². The minimum Gasteiger partial charge on any atom is -0.422 e. The van der Waals surface area contributed by atoms with Gasteiger partial charge in [0.05, 0.1) is 11.1 Å². The van der Waals surface area contributed by atoms with Crippen molar-refractivity contribution in [3.63, 3.8) is 0 Å². The fourth-order valence-corrected chi connectivity index (χ4v) is 4.44. The predicted molar refractivity (Wildman–Crippen MR) is 121 cm³/mol. The number of benzene rings is 2. The number of hydrogen-bond acceptors (Lipinski definition) is 3. The van der Waals surface area contributed by atoms with Gasteiger partial charge < -0.3 is 4.74 Å². The molecule has 0 atom stereocenters. The standard InChI is InChI=1S/C27H33NO2/c1-3-5-6-7-21-10-17-26(25(18-21)19-28)30-27(29)24-15-13-23(14-16-24)22-11-8-20(4-2)9-12-22/h10,13-18,20,22H,3-9,11-12H2,1-2H3. The lowest BCUT2D eigenvalue weighted by Gasteiger charge is -2.28. The van der Waals surface area contributed by atoms with Crippen LogP contribution in [0.2, 0.25) is 0 Å². The van der Waals surface area contributed by atoms with E-state index in [0.29, 0.717) is 22.8 Å². The second-order valence-corrected chi connectivity index (χ2v) is 8.54. The number of unbranched alkanes of at least 4 members (excludes halogenated alkanes) is 2. The number of nitrogens with zero attached hydrogens (tertiary/aromatic N) is 1. The molecule has 1 fully saturated rings. The van der Waals surface area contributed by atoms with Crippen LogP contribution in [0.15, 0.2) is 42.5 Å². The van der Waals surface area contributed by atoms with Crippen molar-refractivity contribution in [3.8, 4) is 11.8 Å². The van der Waals surface area contributed by atoms with Crippen LogP contribution in [0.3, 0.4) is 0 Å². The van der Waals surface area contributed by atoms with Gasteiger partial charge >= 0.3 is 5.97 Å². The first-order chi connectivity index (χ1) is 14.6. The Bertz CT molecular complexity index is 871. The quantitative estimate of drug-likeness (QED) is 0.266. The maximum Gasteiger partial charge on any atom is 0.343 e. The van der Waals surface area contributed by atoms with E-state index in [0.717, 1.165) is 24.3 Å². The zero-order chi connectivity index (χ0) is 21.3. The summed E-state index contributed by atoms with van der Waals surface area (Å²) in [6.07, 6.45) is 10.7. The molecule has 2 aromatic rings. The molecule has 1 aliphatic rings. The predicted octanol–water partition coefficient (Wildman–Crippen LogP) is 7.19. The van der Waals surface area contributed by atoms with E-state index in [4.69, 9.17) is 4.74 Å². The Kier molecular flexibility index (Phi) is 8.08. The van der Waals surface area contributed by atoms with Crippen LogP contribution in [0, 0.1) is 17.2 Å². The van der Waals surface area contributed by atoms with Crippen molar-refractivity contribution >= 4 is 5.97 Å². The molecule has 2 aromatic carbocycles. The highest BCUT2D eigenvalue weighted by molar-refractivity contribution is 5.91. The molecule has 30 heavy (non-hydrogen) atoms. The Morgan fingerprint density at radius 2 is 1.77 bits per heavy atom. The van der Waals surface area contributed by atoms with Crippen LogP contribution in [0.4, 0.5) is 0 Å². The minimum atomic E-state index is -0.411. The Balaban J connectivity index is 1.62. The molecule has 0 N–H and O–H groups in total. The van der Waals surface area contributed by atoms with Gasteiger partial charge in [-0.2, -0.15) is 5.26 Å². The van der Waals surface area contributed by atoms with Crippen LogP contribution in [-0.4, -0.2) is 5.97 Å². The van der Waals surface area contributed by atoms with Gasteiger partial charge in [-0.1, -0.05) is 51.3 Å². The van der Waals surface area contributed by atoms with Gasteiger partial charge in [0.1, 0.15) is 11.8 Å². The molecule has 0 spiro atoms. The molecule has 0 radical (unpaired) electrons. The molecule has 0 amide bonds. The Morgan fingerprint density at radius 3 is 2.40 bits per heavy atom. The summed E-state index contributed by atoms with van der Waals surface area (Å²) in [5, 5.41) is 9.47. The summed E-state index contributed by atoms with van der Waals surface area (Å²) in [5.74, 6) is 1.40. The van der Waals surface area contributed by atoms with Crippen molar-refractivity contribution < 1.29 is 9.53 Å². The highest BCUT2D eigenvalue weighted by atomic mass is 16.5. The van der Waals surface area contributed by atoms with Gasteiger partial charge in [-0.3, -0.25) is 0 Å². The van der Waals surface area contributed by atoms with Crippen LogP contribution >= 0.6 is 0 Å². The molecule has 0 bridgehead atoms. The summed E-state index contributed by atoms with van der Waals surface area (Å²) in [7, 11) is 0. The second-order valence-electron chi connectivity index (χ2n) is 8.54. The van der Waals surface area contributed by atoms with Gasteiger partial charge in [0.2, 0.25) is 0 Å². The van der Waals surface area contributed by atoms with Crippen molar-refractivity contribution in [1.29, 1.82) is 5.26 Å². The van der Waals surface area contributed by atoms with E-state index < -0.39 is 5.97 Å². The van der Waals surface area contributed by atoms with Crippen molar-refractivity contribution in [2.75, 3.05) is 0 Å². The topological polar surface area (TPSA) is 50.1 Å². The molecule has 0 saturated heterocycles. The number of carbonyl (C=O) groups excluding carboxylic acids is 1. The summed E-state index contributed by atoms with van der Waals surface area (Å²) < 4.78 is 5.56. The molecule has 3 heteroatoms. The van der Waals surface area contributed by atoms with Crippen molar-refractivity contribution in [2.45, 2.75) is 77.6 Å². The smallest absolute Gasteiger partial charge is 0.343 e. The Morgan fingerprint density at radius 1 is 1.03 bits per heavy atom. The molecule has 3 nitrogen and oxygen atoms in total. The molecule has 158 valence electrons. The van der Waals surface area contributed by atoms with E-state index in [2.05, 4.69) is 32.0 Å². The van der Waals surface area contributed by atoms with E-state index in [1.807, 2.05) is 24.3 Å². The van der Waals surface area contributed by atoms with E-state index >= 15 is 0 Å². The third kappa shape index (κ3) is 5.72. The third-order valence-corrected chi connectivity index (χ3v) is 6.48. The van der Waals surface area contributed by atoms with E-state index in [1.54, 1.807) is 6.07 Å². The van der Waals surface area contributed by atoms with Crippen molar-refractivity contribution in [1.82, 2.24) is 0 Å². The molecule has 1 aliphatic carbocycles. The lowest BCUT2D eigenvalue weighted by Crippen LogP contribution is -2.13. The lowest BCUT2D eigenvalue weighted by molar-refractivity contribution is 0.0734. The summed E-state index contributed by atoms with van der Waals surface area (Å²) in [6.45, 7) is 4.45. The molecular weight excluding hydrogens is 370 g/mol. The summed E-state index contributed by atoms with van der Waals surface area (Å²) in [6, 6.07) is 15.6. The zero-order valence-corrected chi connectivity index (χ0v) is 18.3. The molecule has 1 saturated carbocycles. The van der Waals surface area contributed by atoms with Gasteiger partial charge in [0.25, 0.3) is 0 Å². The van der Waals surface area contributed by atoms with Crippen LogP contribution < -0.4 is 4.74 Å². The molecule has 0 aromatic heterocycles. The fourth-order valence-electron chi connectivity index (χ4n) is 4.44. The third-order valence-electron chi connectivity index (χ3n) is 6.48. The van der Waals surface area contributed by atoms with E-state index in [-0.39, 0.29) is 0 Å². The monoisotopic (exact) mass is 403 g/mol. The van der Waals surface area contributed by atoms with Gasteiger partial charge in [-0.25, -0.2) is 4.79 Å². The first-order valence-corrected chi connectivity index (χ1v) is 11.5. The van der Waals surface area contributed by atoms with Crippen molar-refractivity contribution in [3.05, 3.63) is 64.7 Å². The maximum atomic E-state index is 12.6. The number of aryl methyl sites for hydroxylation is 1. The first kappa shape index (κ1) is 22.1.